The zero-order valence-corrected chi connectivity index (χ0v) is 26.7. The minimum atomic E-state index is -4.41. The van der Waals surface area contributed by atoms with E-state index in [9.17, 15) is 13.0 Å². The average molecular weight is 619 g/mol. The summed E-state index contributed by atoms with van der Waals surface area (Å²) in [5.74, 6) is 1.80. The van der Waals surface area contributed by atoms with Gasteiger partial charge in [-0.25, -0.2) is 22.8 Å². The third-order valence-corrected chi connectivity index (χ3v) is 12.9. The van der Waals surface area contributed by atoms with E-state index < -0.39 is 32.6 Å². The zero-order chi connectivity index (χ0) is 29.7. The topological polar surface area (TPSA) is 135 Å². The first-order valence-electron chi connectivity index (χ1n) is 12.6. The van der Waals surface area contributed by atoms with Gasteiger partial charge in [-0.15, -0.1) is 10.2 Å². The van der Waals surface area contributed by atoms with E-state index in [0.717, 1.165) is 4.31 Å². The van der Waals surface area contributed by atoms with Gasteiger partial charge >= 0.3 is 7.60 Å². The number of furan rings is 1. The van der Waals surface area contributed by atoms with Gasteiger partial charge in [-0.05, 0) is 69.6 Å². The van der Waals surface area contributed by atoms with Crippen LogP contribution in [-0.4, -0.2) is 86.7 Å². The van der Waals surface area contributed by atoms with Crippen LogP contribution in [0.15, 0.2) is 41.0 Å². The van der Waals surface area contributed by atoms with Gasteiger partial charge in [0, 0.05) is 6.54 Å². The molecule has 1 atom stereocenters. The number of benzene rings is 1. The van der Waals surface area contributed by atoms with Crippen LogP contribution in [0.25, 0.3) is 17.3 Å². The Morgan fingerprint density at radius 3 is 2.08 bits per heavy atom. The van der Waals surface area contributed by atoms with E-state index >= 15 is 0 Å². The van der Waals surface area contributed by atoms with Crippen molar-refractivity contribution in [1.82, 2.24) is 14.8 Å². The van der Waals surface area contributed by atoms with Crippen LogP contribution in [0.3, 0.4) is 0 Å². The molecule has 0 aliphatic rings. The van der Waals surface area contributed by atoms with Crippen molar-refractivity contribution >= 4 is 33.6 Å². The molecular weight excluding hydrogens is 579 g/mol. The summed E-state index contributed by atoms with van der Waals surface area (Å²) in [4.78, 5) is -1.54. The molecule has 1 aromatic carbocycles. The zero-order valence-electron chi connectivity index (χ0n) is 24.2. The SMILES string of the molecule is CCOP(=O)(OCC)C(C)S(=O)(=O)N(CCS(C)(C)C)c1nnc(-c2ccco2)n1-c1c(OC)cccc1OC. The maximum Gasteiger partial charge on any atom is 0.350 e. The monoisotopic (exact) mass is 618 g/mol. The van der Waals surface area contributed by atoms with Crippen LogP contribution in [0.4, 0.5) is 5.95 Å². The molecule has 0 aliphatic carbocycles. The Morgan fingerprint density at radius 2 is 1.60 bits per heavy atom. The number of methoxy groups -OCH3 is 2. The number of ether oxygens (including phenoxy) is 2. The lowest BCUT2D eigenvalue weighted by atomic mass is 10.2. The van der Waals surface area contributed by atoms with E-state index in [1.807, 2.05) is 0 Å². The van der Waals surface area contributed by atoms with E-state index in [4.69, 9.17) is 22.9 Å². The molecule has 0 radical (unpaired) electrons. The minimum absolute atomic E-state index is 0.0144. The molecule has 0 N–H and O–H groups in total. The van der Waals surface area contributed by atoms with Crippen LogP contribution in [0.2, 0.25) is 0 Å². The number of hydrogen-bond acceptors (Lipinski definition) is 10. The Hall–Kier alpha value is -2.51. The number of para-hydroxylation sites is 1. The number of nitrogens with zero attached hydrogens (tertiary/aromatic N) is 4. The van der Waals surface area contributed by atoms with E-state index in [0.29, 0.717) is 28.7 Å². The average Bonchev–Trinajstić information content (AvgIpc) is 3.57. The van der Waals surface area contributed by atoms with Gasteiger partial charge in [-0.2, -0.15) is 0 Å². The highest BCUT2D eigenvalue weighted by atomic mass is 32.3. The van der Waals surface area contributed by atoms with Crippen molar-refractivity contribution in [2.24, 2.45) is 0 Å². The van der Waals surface area contributed by atoms with Crippen LogP contribution >= 0.6 is 17.6 Å². The molecule has 0 saturated heterocycles. The van der Waals surface area contributed by atoms with Crippen LogP contribution in [0.5, 0.6) is 11.5 Å². The molecule has 224 valence electrons. The normalized spacial score (nSPS) is 13.7. The predicted octanol–water partition coefficient (Wildman–Crippen LogP) is 4.99. The van der Waals surface area contributed by atoms with E-state index in [1.54, 1.807) is 44.2 Å². The Kier molecular flexibility index (Phi) is 10.4. The second-order valence-corrected chi connectivity index (χ2v) is 19.0. The lowest BCUT2D eigenvalue weighted by Crippen LogP contribution is -2.42. The fraction of sp³-hybridized carbons (Fsp3) is 0.520. The molecular formula is C25H39N4O8PS2. The number of anilines is 1. The molecule has 3 rings (SSSR count). The summed E-state index contributed by atoms with van der Waals surface area (Å²) in [6.45, 7) is 4.66. The molecule has 0 saturated carbocycles. The molecule has 0 bridgehead atoms. The number of aromatic nitrogens is 3. The van der Waals surface area contributed by atoms with Gasteiger partial charge in [0.15, 0.2) is 10.8 Å². The molecule has 0 amide bonds. The third kappa shape index (κ3) is 6.68. The van der Waals surface area contributed by atoms with Crippen molar-refractivity contribution in [2.75, 3.05) is 62.8 Å². The highest BCUT2D eigenvalue weighted by Gasteiger charge is 2.46. The maximum atomic E-state index is 14.4. The predicted molar refractivity (Wildman–Crippen MR) is 159 cm³/mol. The summed E-state index contributed by atoms with van der Waals surface area (Å²) in [7, 11) is -6.67. The van der Waals surface area contributed by atoms with Crippen LogP contribution in [0.1, 0.15) is 20.8 Å². The Labute approximate surface area is 237 Å². The van der Waals surface area contributed by atoms with Crippen molar-refractivity contribution in [2.45, 2.75) is 25.8 Å². The molecule has 15 heteroatoms. The summed E-state index contributed by atoms with van der Waals surface area (Å²) in [5, 5.41) is 8.69. The highest BCUT2D eigenvalue weighted by molar-refractivity contribution is 8.32. The summed E-state index contributed by atoms with van der Waals surface area (Å²) in [5.41, 5.74) is 0.368. The van der Waals surface area contributed by atoms with E-state index in [-0.39, 0.29) is 31.5 Å². The standard InChI is InChI=1S/C25H39N4O8PS2/c1-9-36-38(30,37-10-2)19(3)40(31,32)28(16-18-39(6,7)8)25-27-26-24(22-15-12-17-35-22)29(25)23-20(33-4)13-11-14-21(23)34-5/h11-15,17,19H,9-10,16,18H2,1-8H3. The largest absolute Gasteiger partial charge is 0.494 e. The second-order valence-electron chi connectivity index (χ2n) is 9.53. The van der Waals surface area contributed by atoms with Crippen molar-refractivity contribution in [3.8, 4) is 28.8 Å². The quantitative estimate of drug-likeness (QED) is 0.214. The lowest BCUT2D eigenvalue weighted by molar-refractivity contribution is 0.218. The molecule has 0 fully saturated rings. The van der Waals surface area contributed by atoms with E-state index in [2.05, 4.69) is 29.0 Å². The van der Waals surface area contributed by atoms with Crippen molar-refractivity contribution in [3.63, 3.8) is 0 Å². The van der Waals surface area contributed by atoms with Crippen molar-refractivity contribution in [3.05, 3.63) is 36.6 Å². The summed E-state index contributed by atoms with van der Waals surface area (Å²) in [6, 6.07) is 8.55. The molecule has 40 heavy (non-hydrogen) atoms. The molecule has 0 aliphatic heterocycles. The first-order valence-corrected chi connectivity index (χ1v) is 18.8. The lowest BCUT2D eigenvalue weighted by Gasteiger charge is -2.33. The fourth-order valence-electron chi connectivity index (χ4n) is 3.91. The van der Waals surface area contributed by atoms with Crippen LogP contribution < -0.4 is 13.8 Å². The summed E-state index contributed by atoms with van der Waals surface area (Å²) >= 11 is 0. The molecule has 0 spiro atoms. The van der Waals surface area contributed by atoms with Gasteiger partial charge in [-0.1, -0.05) is 6.07 Å². The molecule has 2 aromatic heterocycles. The Bertz CT molecular complexity index is 1390. The molecule has 12 nitrogen and oxygen atoms in total. The van der Waals surface area contributed by atoms with Gasteiger partial charge in [0.1, 0.15) is 17.2 Å². The molecule has 1 unspecified atom stereocenters. The molecule has 2 heterocycles. The Morgan fingerprint density at radius 1 is 1.00 bits per heavy atom. The van der Waals surface area contributed by atoms with Gasteiger partial charge in [0.05, 0.1) is 33.7 Å². The smallest absolute Gasteiger partial charge is 0.350 e. The Balaban J connectivity index is 2.36. The van der Waals surface area contributed by atoms with Gasteiger partial charge < -0.3 is 22.9 Å². The van der Waals surface area contributed by atoms with Crippen molar-refractivity contribution in [1.29, 1.82) is 0 Å². The first-order chi connectivity index (χ1) is 18.8. The summed E-state index contributed by atoms with van der Waals surface area (Å²) in [6.07, 6.45) is 7.71. The third-order valence-electron chi connectivity index (χ3n) is 5.94. The number of sulfonamides is 1. The van der Waals surface area contributed by atoms with Gasteiger partial charge in [0.25, 0.3) is 10.0 Å². The number of rotatable bonds is 15. The minimum Gasteiger partial charge on any atom is -0.494 e. The van der Waals surface area contributed by atoms with E-state index in [1.165, 1.54) is 32.0 Å². The molecule has 3 aromatic rings. The van der Waals surface area contributed by atoms with Crippen LogP contribution in [0, 0.1) is 0 Å². The van der Waals surface area contributed by atoms with Gasteiger partial charge in [-0.3, -0.25) is 9.13 Å². The highest BCUT2D eigenvalue weighted by Crippen LogP contribution is 2.56. The first kappa shape index (κ1) is 32.0. The fourth-order valence-corrected chi connectivity index (χ4v) is 9.04. The number of hydrogen-bond donors (Lipinski definition) is 0. The van der Waals surface area contributed by atoms with Crippen LogP contribution in [-0.2, 0) is 23.6 Å². The van der Waals surface area contributed by atoms with Gasteiger partial charge in [0.2, 0.25) is 11.8 Å². The van der Waals surface area contributed by atoms with Crippen molar-refractivity contribution < 1.29 is 35.9 Å². The summed E-state index contributed by atoms with van der Waals surface area (Å²) < 4.78 is 72.9. The maximum absolute atomic E-state index is 14.4. The second kappa shape index (κ2) is 13.0.